The standard InChI is InChI=1S/C14H18FN3O2/c1-4-11(9-19-2)18-8-13(16-17-18)10-5-6-14(20-3)12(15)7-10/h5-8,11H,4,9H2,1-3H3. The van der Waals surface area contributed by atoms with Gasteiger partial charge in [-0.15, -0.1) is 5.10 Å². The van der Waals surface area contributed by atoms with Crippen molar-refractivity contribution in [2.24, 2.45) is 0 Å². The summed E-state index contributed by atoms with van der Waals surface area (Å²) in [4.78, 5) is 0. The lowest BCUT2D eigenvalue weighted by atomic mass is 10.1. The molecule has 0 saturated heterocycles. The highest BCUT2D eigenvalue weighted by molar-refractivity contribution is 5.59. The van der Waals surface area contributed by atoms with Gasteiger partial charge < -0.3 is 9.47 Å². The monoisotopic (exact) mass is 279 g/mol. The first kappa shape index (κ1) is 14.5. The number of methoxy groups -OCH3 is 2. The Hall–Kier alpha value is -1.95. The van der Waals surface area contributed by atoms with Crippen LogP contribution in [0.3, 0.4) is 0 Å². The summed E-state index contributed by atoms with van der Waals surface area (Å²) in [6.45, 7) is 2.62. The van der Waals surface area contributed by atoms with Crippen molar-refractivity contribution in [3.05, 3.63) is 30.2 Å². The summed E-state index contributed by atoms with van der Waals surface area (Å²) in [6, 6.07) is 4.86. The maximum Gasteiger partial charge on any atom is 0.165 e. The quantitative estimate of drug-likeness (QED) is 0.815. The van der Waals surface area contributed by atoms with Gasteiger partial charge in [0.05, 0.1) is 26.0 Å². The van der Waals surface area contributed by atoms with E-state index in [4.69, 9.17) is 9.47 Å². The summed E-state index contributed by atoms with van der Waals surface area (Å²) in [7, 11) is 3.09. The molecule has 0 spiro atoms. The van der Waals surface area contributed by atoms with Gasteiger partial charge in [-0.1, -0.05) is 12.1 Å². The molecule has 0 amide bonds. The second-order valence-electron chi connectivity index (χ2n) is 4.45. The Morgan fingerprint density at radius 3 is 2.75 bits per heavy atom. The van der Waals surface area contributed by atoms with Gasteiger partial charge in [-0.3, -0.25) is 0 Å². The average Bonchev–Trinajstić information content (AvgIpc) is 2.94. The summed E-state index contributed by atoms with van der Waals surface area (Å²) in [5.41, 5.74) is 1.29. The zero-order valence-corrected chi connectivity index (χ0v) is 11.8. The van der Waals surface area contributed by atoms with Gasteiger partial charge in [0.15, 0.2) is 11.6 Å². The molecule has 0 fully saturated rings. The minimum absolute atomic E-state index is 0.129. The zero-order valence-electron chi connectivity index (χ0n) is 11.8. The number of nitrogens with zero attached hydrogens (tertiary/aromatic N) is 3. The fourth-order valence-corrected chi connectivity index (χ4v) is 1.99. The first-order valence-corrected chi connectivity index (χ1v) is 6.44. The van der Waals surface area contributed by atoms with Gasteiger partial charge in [-0.25, -0.2) is 9.07 Å². The number of halogens is 1. The number of rotatable bonds is 6. The maximum atomic E-state index is 13.7. The third-order valence-electron chi connectivity index (χ3n) is 3.16. The van der Waals surface area contributed by atoms with Crippen LogP contribution < -0.4 is 4.74 Å². The van der Waals surface area contributed by atoms with Gasteiger partial charge >= 0.3 is 0 Å². The van der Waals surface area contributed by atoms with Crippen LogP contribution in [0.4, 0.5) is 4.39 Å². The number of benzene rings is 1. The van der Waals surface area contributed by atoms with E-state index in [0.717, 1.165) is 6.42 Å². The highest BCUT2D eigenvalue weighted by atomic mass is 19.1. The van der Waals surface area contributed by atoms with Crippen LogP contribution >= 0.6 is 0 Å². The van der Waals surface area contributed by atoms with E-state index >= 15 is 0 Å². The highest BCUT2D eigenvalue weighted by Gasteiger charge is 2.13. The third-order valence-corrected chi connectivity index (χ3v) is 3.16. The van der Waals surface area contributed by atoms with Crippen LogP contribution in [0, 0.1) is 5.82 Å². The van der Waals surface area contributed by atoms with Crippen molar-refractivity contribution in [1.82, 2.24) is 15.0 Å². The molecular formula is C14H18FN3O2. The van der Waals surface area contributed by atoms with Crippen molar-refractivity contribution in [2.45, 2.75) is 19.4 Å². The topological polar surface area (TPSA) is 49.2 Å². The molecule has 0 aliphatic rings. The van der Waals surface area contributed by atoms with Crippen molar-refractivity contribution in [3.8, 4) is 17.0 Å². The molecule has 0 N–H and O–H groups in total. The minimum atomic E-state index is -0.413. The molecule has 1 aromatic carbocycles. The Balaban J connectivity index is 2.26. The van der Waals surface area contributed by atoms with E-state index in [2.05, 4.69) is 17.2 Å². The van der Waals surface area contributed by atoms with Crippen LogP contribution in [0.2, 0.25) is 0 Å². The number of aromatic nitrogens is 3. The van der Waals surface area contributed by atoms with Crippen molar-refractivity contribution >= 4 is 0 Å². The lowest BCUT2D eigenvalue weighted by Gasteiger charge is -2.12. The molecule has 2 rings (SSSR count). The second kappa shape index (κ2) is 6.47. The first-order valence-electron chi connectivity index (χ1n) is 6.44. The molecule has 1 aromatic heterocycles. The Bertz CT molecular complexity index is 571. The van der Waals surface area contributed by atoms with E-state index < -0.39 is 5.82 Å². The maximum absolute atomic E-state index is 13.7. The second-order valence-corrected chi connectivity index (χ2v) is 4.45. The molecular weight excluding hydrogens is 261 g/mol. The van der Waals surface area contributed by atoms with Crippen LogP contribution in [-0.2, 0) is 4.74 Å². The Morgan fingerprint density at radius 2 is 2.15 bits per heavy atom. The van der Waals surface area contributed by atoms with Crippen molar-refractivity contribution in [3.63, 3.8) is 0 Å². The SMILES string of the molecule is CCC(COC)n1cc(-c2ccc(OC)c(F)c2)nn1. The average molecular weight is 279 g/mol. The van der Waals surface area contributed by atoms with Crippen LogP contribution in [0.25, 0.3) is 11.3 Å². The fourth-order valence-electron chi connectivity index (χ4n) is 1.99. The number of hydrogen-bond acceptors (Lipinski definition) is 4. The molecule has 0 bridgehead atoms. The van der Waals surface area contributed by atoms with E-state index in [1.807, 2.05) is 0 Å². The molecule has 0 saturated carbocycles. The molecule has 1 atom stereocenters. The molecule has 6 heteroatoms. The molecule has 20 heavy (non-hydrogen) atoms. The molecule has 0 aliphatic heterocycles. The Labute approximate surface area is 117 Å². The molecule has 1 unspecified atom stereocenters. The Morgan fingerprint density at radius 1 is 1.35 bits per heavy atom. The number of ether oxygens (including phenoxy) is 2. The molecule has 108 valence electrons. The fraction of sp³-hybridized carbons (Fsp3) is 0.429. The van der Waals surface area contributed by atoms with Gasteiger partial charge in [0.2, 0.25) is 0 Å². The summed E-state index contributed by atoms with van der Waals surface area (Å²) in [5.74, 6) is -0.199. The van der Waals surface area contributed by atoms with Gasteiger partial charge in [-0.05, 0) is 24.6 Å². The predicted molar refractivity (Wildman–Crippen MR) is 73.2 cm³/mol. The van der Waals surface area contributed by atoms with Gasteiger partial charge in [0, 0.05) is 12.7 Å². The zero-order chi connectivity index (χ0) is 14.5. The lowest BCUT2D eigenvalue weighted by Crippen LogP contribution is -2.14. The van der Waals surface area contributed by atoms with Crippen LogP contribution in [0.15, 0.2) is 24.4 Å². The first-order chi connectivity index (χ1) is 9.69. The number of hydrogen-bond donors (Lipinski definition) is 0. The van der Waals surface area contributed by atoms with Gasteiger partial charge in [0.1, 0.15) is 5.69 Å². The van der Waals surface area contributed by atoms with Gasteiger partial charge in [-0.2, -0.15) is 0 Å². The van der Waals surface area contributed by atoms with Crippen molar-refractivity contribution in [2.75, 3.05) is 20.8 Å². The largest absolute Gasteiger partial charge is 0.494 e. The van der Waals surface area contributed by atoms with E-state index in [1.54, 1.807) is 30.1 Å². The molecule has 0 aliphatic carbocycles. The van der Waals surface area contributed by atoms with Crippen molar-refractivity contribution < 1.29 is 13.9 Å². The molecule has 1 heterocycles. The van der Waals surface area contributed by atoms with E-state index in [-0.39, 0.29) is 11.8 Å². The normalized spacial score (nSPS) is 12.4. The lowest BCUT2D eigenvalue weighted by molar-refractivity contribution is 0.146. The third kappa shape index (κ3) is 2.96. The van der Waals surface area contributed by atoms with E-state index in [1.165, 1.54) is 13.2 Å². The smallest absolute Gasteiger partial charge is 0.165 e. The van der Waals surface area contributed by atoms with Crippen LogP contribution in [0.5, 0.6) is 5.75 Å². The summed E-state index contributed by atoms with van der Waals surface area (Å²) in [6.07, 6.45) is 2.68. The Kier molecular flexibility index (Phi) is 4.68. The summed E-state index contributed by atoms with van der Waals surface area (Å²) >= 11 is 0. The predicted octanol–water partition coefficient (Wildman–Crippen LogP) is 2.69. The molecule has 2 aromatic rings. The van der Waals surface area contributed by atoms with Crippen LogP contribution in [0.1, 0.15) is 19.4 Å². The van der Waals surface area contributed by atoms with Crippen LogP contribution in [-0.4, -0.2) is 35.8 Å². The molecule has 0 radical (unpaired) electrons. The van der Waals surface area contributed by atoms with Crippen molar-refractivity contribution in [1.29, 1.82) is 0 Å². The summed E-state index contributed by atoms with van der Waals surface area (Å²) in [5, 5.41) is 8.17. The highest BCUT2D eigenvalue weighted by Crippen LogP contribution is 2.24. The van der Waals surface area contributed by atoms with Gasteiger partial charge in [0.25, 0.3) is 0 Å². The van der Waals surface area contributed by atoms with E-state index in [9.17, 15) is 4.39 Å². The molecule has 5 nitrogen and oxygen atoms in total. The minimum Gasteiger partial charge on any atom is -0.494 e. The summed E-state index contributed by atoms with van der Waals surface area (Å²) < 4.78 is 25.5. The van der Waals surface area contributed by atoms with E-state index in [0.29, 0.717) is 17.9 Å².